The predicted octanol–water partition coefficient (Wildman–Crippen LogP) is 1.04. The maximum Gasteiger partial charge on any atom is 0.291 e. The molecule has 9 heteroatoms. The lowest BCUT2D eigenvalue weighted by Crippen LogP contribution is -2.59. The van der Waals surface area contributed by atoms with Crippen LogP contribution in [0.1, 0.15) is 28.4 Å². The van der Waals surface area contributed by atoms with Crippen molar-refractivity contribution in [3.05, 3.63) is 47.9 Å². The van der Waals surface area contributed by atoms with E-state index in [1.165, 1.54) is 6.39 Å². The summed E-state index contributed by atoms with van der Waals surface area (Å²) in [7, 11) is 0. The molecule has 2 aromatic heterocycles. The molecule has 154 valence electrons. The van der Waals surface area contributed by atoms with Gasteiger partial charge in [0.1, 0.15) is 0 Å². The van der Waals surface area contributed by atoms with Crippen LogP contribution in [0.5, 0.6) is 0 Å². The number of aromatic nitrogens is 2. The molecule has 0 aromatic carbocycles. The van der Waals surface area contributed by atoms with Crippen LogP contribution in [0.2, 0.25) is 0 Å². The number of morpholine rings is 1. The quantitative estimate of drug-likeness (QED) is 0.759. The maximum atomic E-state index is 12.9. The molecule has 2 aliphatic heterocycles. The second-order valence-electron chi connectivity index (χ2n) is 7.27. The van der Waals surface area contributed by atoms with Crippen molar-refractivity contribution in [1.29, 1.82) is 0 Å². The van der Waals surface area contributed by atoms with Gasteiger partial charge in [-0.3, -0.25) is 14.6 Å². The van der Waals surface area contributed by atoms with Crippen LogP contribution in [0.15, 0.2) is 35.2 Å². The highest BCUT2D eigenvalue weighted by molar-refractivity contribution is 5.92. The first-order valence-electron chi connectivity index (χ1n) is 9.71. The molecule has 1 spiro atoms. The third-order valence-electron chi connectivity index (χ3n) is 5.17. The Hall–Kier alpha value is -2.78. The number of ether oxygens (including phenoxy) is 2. The number of nitrogens with zero attached hydrogens (tertiary/aromatic N) is 4. The van der Waals surface area contributed by atoms with Gasteiger partial charge in [0.25, 0.3) is 5.91 Å². The Balaban J connectivity index is 1.47. The number of amides is 2. The molecule has 0 N–H and O–H groups in total. The largest absolute Gasteiger partial charge is 0.438 e. The zero-order valence-corrected chi connectivity index (χ0v) is 16.4. The second-order valence-corrected chi connectivity index (χ2v) is 7.27. The summed E-state index contributed by atoms with van der Waals surface area (Å²) < 4.78 is 17.2. The molecule has 1 atom stereocenters. The van der Waals surface area contributed by atoms with Gasteiger partial charge in [0.05, 0.1) is 38.4 Å². The van der Waals surface area contributed by atoms with Crippen molar-refractivity contribution in [3.63, 3.8) is 0 Å². The van der Waals surface area contributed by atoms with E-state index in [2.05, 4.69) is 9.97 Å². The van der Waals surface area contributed by atoms with Crippen LogP contribution in [-0.4, -0.2) is 76.8 Å². The van der Waals surface area contributed by atoms with Crippen molar-refractivity contribution in [2.24, 2.45) is 0 Å². The molecule has 2 aliphatic rings. The predicted molar refractivity (Wildman–Crippen MR) is 101 cm³/mol. The van der Waals surface area contributed by atoms with E-state index in [1.54, 1.807) is 22.9 Å². The molecule has 2 fully saturated rings. The number of hydrogen-bond donors (Lipinski definition) is 0. The summed E-state index contributed by atoms with van der Waals surface area (Å²) in [6.07, 6.45) is 3.86. The SMILES string of the molecule is Cc1ncoc1C(=O)N1CCOC2(CN(C(=O)Cc3ccccn3)CCCO2)C1. The molecule has 4 heterocycles. The lowest BCUT2D eigenvalue weighted by atomic mass is 10.1. The summed E-state index contributed by atoms with van der Waals surface area (Å²) in [6, 6.07) is 5.52. The minimum atomic E-state index is -1.04. The Morgan fingerprint density at radius 3 is 2.69 bits per heavy atom. The fraction of sp³-hybridized carbons (Fsp3) is 0.500. The van der Waals surface area contributed by atoms with E-state index >= 15 is 0 Å². The monoisotopic (exact) mass is 400 g/mol. The number of carbonyl (C=O) groups is 2. The highest BCUT2D eigenvalue weighted by Gasteiger charge is 2.44. The zero-order chi connectivity index (χ0) is 20.3. The summed E-state index contributed by atoms with van der Waals surface area (Å²) in [5.41, 5.74) is 1.27. The van der Waals surface area contributed by atoms with Gasteiger partial charge in [-0.2, -0.15) is 0 Å². The highest BCUT2D eigenvalue weighted by atomic mass is 16.7. The summed E-state index contributed by atoms with van der Waals surface area (Å²) in [5.74, 6) is -1.11. The average Bonchev–Trinajstić information content (AvgIpc) is 3.06. The smallest absolute Gasteiger partial charge is 0.291 e. The Morgan fingerprint density at radius 2 is 1.93 bits per heavy atom. The number of pyridine rings is 1. The van der Waals surface area contributed by atoms with Gasteiger partial charge in [-0.05, 0) is 25.5 Å². The van der Waals surface area contributed by atoms with Gasteiger partial charge >= 0.3 is 0 Å². The number of rotatable bonds is 3. The normalized spacial score (nSPS) is 22.5. The third-order valence-corrected chi connectivity index (χ3v) is 5.17. The summed E-state index contributed by atoms with van der Waals surface area (Å²) in [4.78, 5) is 37.3. The third kappa shape index (κ3) is 4.30. The summed E-state index contributed by atoms with van der Waals surface area (Å²) in [6.45, 7) is 3.99. The molecule has 2 amide bonds. The number of carbonyl (C=O) groups excluding carboxylic acids is 2. The van der Waals surface area contributed by atoms with E-state index in [0.29, 0.717) is 38.4 Å². The lowest BCUT2D eigenvalue weighted by molar-refractivity contribution is -0.260. The van der Waals surface area contributed by atoms with Gasteiger partial charge in [-0.1, -0.05) is 6.07 Å². The first-order chi connectivity index (χ1) is 14.1. The first-order valence-corrected chi connectivity index (χ1v) is 9.71. The van der Waals surface area contributed by atoms with Gasteiger partial charge in [0.15, 0.2) is 6.39 Å². The Morgan fingerprint density at radius 1 is 1.10 bits per heavy atom. The lowest BCUT2D eigenvalue weighted by Gasteiger charge is -2.42. The van der Waals surface area contributed by atoms with Crippen molar-refractivity contribution in [2.45, 2.75) is 25.6 Å². The van der Waals surface area contributed by atoms with Gasteiger partial charge in [0, 0.05) is 25.0 Å². The molecule has 2 aromatic rings. The Kier molecular flexibility index (Phi) is 5.59. The van der Waals surface area contributed by atoms with E-state index in [0.717, 1.165) is 5.69 Å². The van der Waals surface area contributed by atoms with Crippen LogP contribution in [-0.2, 0) is 20.7 Å². The standard InChI is InChI=1S/C20H24N4O5/c1-15-18(27-14-22-15)19(26)24-8-10-29-20(13-24)12-23(7-4-9-28-20)17(25)11-16-5-2-3-6-21-16/h2-3,5-6,14H,4,7-13H2,1H3. The molecule has 2 saturated heterocycles. The summed E-state index contributed by atoms with van der Waals surface area (Å²) in [5, 5.41) is 0. The minimum absolute atomic E-state index is 0.0355. The molecule has 0 radical (unpaired) electrons. The van der Waals surface area contributed by atoms with E-state index < -0.39 is 5.79 Å². The van der Waals surface area contributed by atoms with Crippen molar-refractivity contribution < 1.29 is 23.5 Å². The van der Waals surface area contributed by atoms with Crippen LogP contribution < -0.4 is 0 Å². The van der Waals surface area contributed by atoms with E-state index in [9.17, 15) is 9.59 Å². The molecular weight excluding hydrogens is 376 g/mol. The number of oxazole rings is 1. The number of aryl methyl sites for hydroxylation is 1. The van der Waals surface area contributed by atoms with Gasteiger partial charge in [-0.15, -0.1) is 0 Å². The maximum absolute atomic E-state index is 12.9. The van der Waals surface area contributed by atoms with Gasteiger partial charge in [0.2, 0.25) is 17.5 Å². The fourth-order valence-electron chi connectivity index (χ4n) is 3.68. The highest BCUT2D eigenvalue weighted by Crippen LogP contribution is 2.26. The molecule has 9 nitrogen and oxygen atoms in total. The Bertz CT molecular complexity index is 871. The molecule has 29 heavy (non-hydrogen) atoms. The van der Waals surface area contributed by atoms with Crippen molar-refractivity contribution >= 4 is 11.8 Å². The fourth-order valence-corrected chi connectivity index (χ4v) is 3.68. The van der Waals surface area contributed by atoms with Crippen molar-refractivity contribution in [3.8, 4) is 0 Å². The van der Waals surface area contributed by atoms with Crippen LogP contribution in [0.4, 0.5) is 0 Å². The topological polar surface area (TPSA) is 98.0 Å². The average molecular weight is 400 g/mol. The van der Waals surface area contributed by atoms with Gasteiger partial charge in [-0.25, -0.2) is 4.98 Å². The van der Waals surface area contributed by atoms with E-state index in [4.69, 9.17) is 13.9 Å². The number of hydrogen-bond acceptors (Lipinski definition) is 7. The minimum Gasteiger partial charge on any atom is -0.438 e. The molecular formula is C20H24N4O5. The second kappa shape index (κ2) is 8.30. The van der Waals surface area contributed by atoms with E-state index in [1.807, 2.05) is 18.2 Å². The molecule has 4 rings (SSSR count). The van der Waals surface area contributed by atoms with Crippen molar-refractivity contribution in [1.82, 2.24) is 19.8 Å². The summed E-state index contributed by atoms with van der Waals surface area (Å²) >= 11 is 0. The first kappa shape index (κ1) is 19.5. The molecule has 0 saturated carbocycles. The van der Waals surface area contributed by atoms with Crippen LogP contribution in [0, 0.1) is 6.92 Å². The van der Waals surface area contributed by atoms with Crippen LogP contribution >= 0.6 is 0 Å². The molecule has 0 bridgehead atoms. The van der Waals surface area contributed by atoms with Gasteiger partial charge < -0.3 is 23.7 Å². The Labute approximate surface area is 168 Å². The van der Waals surface area contributed by atoms with Crippen molar-refractivity contribution in [2.75, 3.05) is 39.4 Å². The van der Waals surface area contributed by atoms with E-state index in [-0.39, 0.29) is 37.1 Å². The van der Waals surface area contributed by atoms with Crippen LogP contribution in [0.25, 0.3) is 0 Å². The van der Waals surface area contributed by atoms with Crippen LogP contribution in [0.3, 0.4) is 0 Å². The molecule has 0 aliphatic carbocycles. The molecule has 1 unspecified atom stereocenters. The zero-order valence-electron chi connectivity index (χ0n) is 16.4.